The molecule has 1 N–H and O–H groups in total. The highest BCUT2D eigenvalue weighted by molar-refractivity contribution is 7.89. The summed E-state index contributed by atoms with van der Waals surface area (Å²) >= 11 is 5.79. The van der Waals surface area contributed by atoms with Crippen molar-refractivity contribution < 1.29 is 13.2 Å². The molecule has 2 amide bonds. The van der Waals surface area contributed by atoms with Crippen molar-refractivity contribution in [3.63, 3.8) is 0 Å². The molecule has 0 saturated carbocycles. The summed E-state index contributed by atoms with van der Waals surface area (Å²) in [6.07, 6.45) is 0. The summed E-state index contributed by atoms with van der Waals surface area (Å²) in [6, 6.07) is 15.4. The van der Waals surface area contributed by atoms with Crippen molar-refractivity contribution in [2.24, 2.45) is 0 Å². The SMILES string of the molecule is Cc1nn(-c2ccccc2)c(NC(=O)N(C)S(=O)(=O)c2ccc(Cl)cc2)c1C#N. The van der Waals surface area contributed by atoms with Crippen LogP contribution in [0.4, 0.5) is 10.6 Å². The van der Waals surface area contributed by atoms with E-state index in [-0.39, 0.29) is 16.3 Å². The molecule has 0 bridgehead atoms. The van der Waals surface area contributed by atoms with E-state index in [1.54, 1.807) is 31.2 Å². The monoisotopic (exact) mass is 429 g/mol. The van der Waals surface area contributed by atoms with Gasteiger partial charge in [-0.25, -0.2) is 22.2 Å². The van der Waals surface area contributed by atoms with E-state index in [2.05, 4.69) is 10.4 Å². The van der Waals surface area contributed by atoms with E-state index in [1.165, 1.54) is 28.9 Å². The van der Waals surface area contributed by atoms with Gasteiger partial charge in [0.2, 0.25) is 0 Å². The smallest absolute Gasteiger partial charge is 0.290 e. The number of urea groups is 1. The quantitative estimate of drug-likeness (QED) is 0.682. The number of carbonyl (C=O) groups excluding carboxylic acids is 1. The third-order valence-electron chi connectivity index (χ3n) is 4.16. The number of sulfonamides is 1. The number of halogens is 1. The number of hydrogen-bond acceptors (Lipinski definition) is 5. The minimum atomic E-state index is -4.12. The van der Waals surface area contributed by atoms with Gasteiger partial charge in [-0.3, -0.25) is 5.32 Å². The highest BCUT2D eigenvalue weighted by Crippen LogP contribution is 2.24. The van der Waals surface area contributed by atoms with Gasteiger partial charge in [0.1, 0.15) is 11.6 Å². The van der Waals surface area contributed by atoms with Gasteiger partial charge in [0.25, 0.3) is 10.0 Å². The van der Waals surface area contributed by atoms with E-state index in [0.29, 0.717) is 20.7 Å². The molecule has 10 heteroatoms. The summed E-state index contributed by atoms with van der Waals surface area (Å²) < 4.78 is 27.4. The van der Waals surface area contributed by atoms with Crippen molar-refractivity contribution in [3.8, 4) is 11.8 Å². The number of aryl methyl sites for hydroxylation is 1. The molecule has 1 aromatic heterocycles. The number of carbonyl (C=O) groups is 1. The molecule has 0 saturated heterocycles. The predicted octanol–water partition coefficient (Wildman–Crippen LogP) is 3.56. The number of rotatable bonds is 4. The predicted molar refractivity (Wildman–Crippen MR) is 108 cm³/mol. The van der Waals surface area contributed by atoms with Gasteiger partial charge in [0, 0.05) is 12.1 Å². The number of para-hydroxylation sites is 1. The first kappa shape index (κ1) is 20.4. The van der Waals surface area contributed by atoms with Crippen LogP contribution in [0.15, 0.2) is 59.5 Å². The lowest BCUT2D eigenvalue weighted by Gasteiger charge is -2.19. The first-order chi connectivity index (χ1) is 13.8. The minimum Gasteiger partial charge on any atom is -0.290 e. The average Bonchev–Trinajstić information content (AvgIpc) is 3.03. The minimum absolute atomic E-state index is 0.0827. The second-order valence-corrected chi connectivity index (χ2v) is 8.43. The lowest BCUT2D eigenvalue weighted by molar-refractivity contribution is 0.240. The van der Waals surface area contributed by atoms with Crippen molar-refractivity contribution in [1.82, 2.24) is 14.1 Å². The topological polar surface area (TPSA) is 108 Å². The number of nitrogens with one attached hydrogen (secondary N) is 1. The van der Waals surface area contributed by atoms with E-state index >= 15 is 0 Å². The van der Waals surface area contributed by atoms with E-state index in [9.17, 15) is 18.5 Å². The Morgan fingerprint density at radius 1 is 1.17 bits per heavy atom. The zero-order valence-electron chi connectivity index (χ0n) is 15.5. The van der Waals surface area contributed by atoms with E-state index < -0.39 is 16.1 Å². The molecule has 0 atom stereocenters. The maximum absolute atomic E-state index is 12.7. The highest BCUT2D eigenvalue weighted by atomic mass is 35.5. The third kappa shape index (κ3) is 3.94. The van der Waals surface area contributed by atoms with Crippen molar-refractivity contribution in [1.29, 1.82) is 5.26 Å². The Morgan fingerprint density at radius 2 is 1.79 bits per heavy atom. The summed E-state index contributed by atoms with van der Waals surface area (Å²) in [5.74, 6) is 0.0827. The average molecular weight is 430 g/mol. The molecular weight excluding hydrogens is 414 g/mol. The number of benzene rings is 2. The summed E-state index contributed by atoms with van der Waals surface area (Å²) in [6.45, 7) is 1.63. The van der Waals surface area contributed by atoms with Crippen LogP contribution in [0.2, 0.25) is 5.02 Å². The van der Waals surface area contributed by atoms with E-state index in [1.807, 2.05) is 12.1 Å². The Kier molecular flexibility index (Phi) is 5.59. The molecule has 1 heterocycles. The number of hydrogen-bond donors (Lipinski definition) is 1. The molecule has 0 aliphatic heterocycles. The molecule has 3 rings (SSSR count). The summed E-state index contributed by atoms with van der Waals surface area (Å²) in [5, 5.41) is 16.6. The Morgan fingerprint density at radius 3 is 2.38 bits per heavy atom. The van der Waals surface area contributed by atoms with Crippen molar-refractivity contribution >= 4 is 33.5 Å². The maximum Gasteiger partial charge on any atom is 0.336 e. The zero-order chi connectivity index (χ0) is 21.2. The Labute approximate surface area is 173 Å². The number of nitriles is 1. The number of amides is 2. The zero-order valence-corrected chi connectivity index (χ0v) is 17.1. The first-order valence-electron chi connectivity index (χ1n) is 8.36. The number of aromatic nitrogens is 2. The lowest BCUT2D eigenvalue weighted by Crippen LogP contribution is -2.37. The molecule has 2 aromatic carbocycles. The van der Waals surface area contributed by atoms with Gasteiger partial charge >= 0.3 is 6.03 Å². The molecule has 0 fully saturated rings. The van der Waals surface area contributed by atoms with Gasteiger partial charge in [-0.15, -0.1) is 0 Å². The van der Waals surface area contributed by atoms with Crippen LogP contribution in [0.1, 0.15) is 11.3 Å². The van der Waals surface area contributed by atoms with Crippen LogP contribution < -0.4 is 5.32 Å². The van der Waals surface area contributed by atoms with Gasteiger partial charge in [0.15, 0.2) is 5.82 Å². The van der Waals surface area contributed by atoms with E-state index in [0.717, 1.165) is 7.05 Å². The molecule has 0 aliphatic rings. The Hall–Kier alpha value is -3.35. The second kappa shape index (κ2) is 7.95. The summed E-state index contributed by atoms with van der Waals surface area (Å²) in [7, 11) is -2.99. The van der Waals surface area contributed by atoms with Gasteiger partial charge < -0.3 is 0 Å². The third-order valence-corrected chi connectivity index (χ3v) is 6.16. The van der Waals surface area contributed by atoms with Crippen molar-refractivity contribution in [2.75, 3.05) is 12.4 Å². The van der Waals surface area contributed by atoms with Gasteiger partial charge in [-0.1, -0.05) is 29.8 Å². The highest BCUT2D eigenvalue weighted by Gasteiger charge is 2.28. The molecule has 8 nitrogen and oxygen atoms in total. The summed E-state index contributed by atoms with van der Waals surface area (Å²) in [5.41, 5.74) is 1.14. The van der Waals surface area contributed by atoms with Gasteiger partial charge in [-0.2, -0.15) is 10.4 Å². The molecule has 148 valence electrons. The maximum atomic E-state index is 12.7. The summed E-state index contributed by atoms with van der Waals surface area (Å²) in [4.78, 5) is 12.6. The molecule has 0 spiro atoms. The second-order valence-electron chi connectivity index (χ2n) is 6.02. The first-order valence-corrected chi connectivity index (χ1v) is 10.2. The van der Waals surface area contributed by atoms with Crippen LogP contribution in [0.3, 0.4) is 0 Å². The Balaban J connectivity index is 1.97. The lowest BCUT2D eigenvalue weighted by atomic mass is 10.2. The standard InChI is InChI=1S/C19H16ClN5O3S/c1-13-17(12-21)18(25(23-13)15-6-4-3-5-7-15)22-19(26)24(2)29(27,28)16-10-8-14(20)9-11-16/h3-11H,1-2H3,(H,22,26). The largest absolute Gasteiger partial charge is 0.336 e. The van der Waals surface area contributed by atoms with Crippen LogP contribution >= 0.6 is 11.6 Å². The molecule has 3 aromatic rings. The van der Waals surface area contributed by atoms with Crippen LogP contribution in [0.25, 0.3) is 5.69 Å². The van der Waals surface area contributed by atoms with Crippen LogP contribution in [0.5, 0.6) is 0 Å². The fourth-order valence-corrected chi connectivity index (χ4v) is 3.77. The van der Waals surface area contributed by atoms with Crippen molar-refractivity contribution in [3.05, 3.63) is 70.9 Å². The normalized spacial score (nSPS) is 11.0. The van der Waals surface area contributed by atoms with Crippen LogP contribution in [-0.4, -0.2) is 35.6 Å². The van der Waals surface area contributed by atoms with Crippen LogP contribution in [-0.2, 0) is 10.0 Å². The van der Waals surface area contributed by atoms with Crippen LogP contribution in [0, 0.1) is 18.3 Å². The molecule has 0 radical (unpaired) electrons. The molecule has 0 unspecified atom stereocenters. The fraction of sp³-hybridized carbons (Fsp3) is 0.105. The van der Waals surface area contributed by atoms with Gasteiger partial charge in [0.05, 0.1) is 16.3 Å². The fourth-order valence-electron chi connectivity index (χ4n) is 2.59. The number of anilines is 1. The van der Waals surface area contributed by atoms with E-state index in [4.69, 9.17) is 11.6 Å². The van der Waals surface area contributed by atoms with Crippen molar-refractivity contribution in [2.45, 2.75) is 11.8 Å². The van der Waals surface area contributed by atoms with Gasteiger partial charge in [-0.05, 0) is 43.3 Å². The number of nitrogens with zero attached hydrogens (tertiary/aromatic N) is 4. The Bertz CT molecular complexity index is 1200. The molecular formula is C19H16ClN5O3S. The molecule has 0 aliphatic carbocycles. The molecule has 29 heavy (non-hydrogen) atoms.